The van der Waals surface area contributed by atoms with Crippen LogP contribution in [0, 0.1) is 10.1 Å². The van der Waals surface area contributed by atoms with Gasteiger partial charge in [0.05, 0.1) is 4.92 Å². The summed E-state index contributed by atoms with van der Waals surface area (Å²) in [5.74, 6) is 0.204. The van der Waals surface area contributed by atoms with Gasteiger partial charge in [-0.3, -0.25) is 19.7 Å². The molecule has 0 saturated carbocycles. The average Bonchev–Trinajstić information content (AvgIpc) is 2.89. The van der Waals surface area contributed by atoms with E-state index >= 15 is 0 Å². The van der Waals surface area contributed by atoms with Gasteiger partial charge < -0.3 is 15.4 Å². The number of nitrogens with zero attached hydrogens (tertiary/aromatic N) is 2. The van der Waals surface area contributed by atoms with E-state index in [-0.39, 0.29) is 23.7 Å². The van der Waals surface area contributed by atoms with Crippen LogP contribution in [0.1, 0.15) is 27.9 Å². The molecule has 2 N–H and O–H groups in total. The Morgan fingerprint density at radius 3 is 2.63 bits per heavy atom. The molecule has 3 aromatic rings. The summed E-state index contributed by atoms with van der Waals surface area (Å²) in [6.07, 6.45) is 3.93. The predicted octanol–water partition coefficient (Wildman–Crippen LogP) is 3.74. The minimum Gasteiger partial charge on any atom is -0.473 e. The van der Waals surface area contributed by atoms with E-state index in [1.807, 2.05) is 36.6 Å². The van der Waals surface area contributed by atoms with Gasteiger partial charge in [0, 0.05) is 36.5 Å². The highest BCUT2D eigenvalue weighted by atomic mass is 32.2. The van der Waals surface area contributed by atoms with Gasteiger partial charge in [-0.2, -0.15) is 11.8 Å². The fourth-order valence-electron chi connectivity index (χ4n) is 3.19. The maximum absolute atomic E-state index is 12.9. The van der Waals surface area contributed by atoms with E-state index in [1.165, 1.54) is 24.3 Å². The molecule has 35 heavy (non-hydrogen) atoms. The van der Waals surface area contributed by atoms with Crippen molar-refractivity contribution in [3.8, 4) is 5.88 Å². The minimum absolute atomic E-state index is 0.121. The van der Waals surface area contributed by atoms with Gasteiger partial charge in [-0.1, -0.05) is 36.4 Å². The lowest BCUT2D eigenvalue weighted by atomic mass is 10.1. The summed E-state index contributed by atoms with van der Waals surface area (Å²) in [4.78, 5) is 40.2. The quantitative estimate of drug-likeness (QED) is 0.290. The highest BCUT2D eigenvalue weighted by Gasteiger charge is 2.22. The largest absolute Gasteiger partial charge is 0.473 e. The Balaban J connectivity index is 1.59. The van der Waals surface area contributed by atoms with E-state index < -0.39 is 16.9 Å². The third-order valence-electron chi connectivity index (χ3n) is 5.05. The number of hydrogen-bond donors (Lipinski definition) is 2. The summed E-state index contributed by atoms with van der Waals surface area (Å²) in [6.45, 7) is 0.607. The van der Waals surface area contributed by atoms with Gasteiger partial charge in [0.2, 0.25) is 11.8 Å². The fourth-order valence-corrected chi connectivity index (χ4v) is 3.66. The second kappa shape index (κ2) is 13.1. The molecule has 2 amide bonds. The number of thioether (sulfide) groups is 1. The van der Waals surface area contributed by atoms with Crippen LogP contribution in [0.4, 0.5) is 5.69 Å². The number of nitro benzene ring substituents is 1. The lowest BCUT2D eigenvalue weighted by molar-refractivity contribution is -0.384. The molecule has 1 atom stereocenters. The lowest BCUT2D eigenvalue weighted by Gasteiger charge is -2.18. The van der Waals surface area contributed by atoms with Crippen molar-refractivity contribution in [3.63, 3.8) is 0 Å². The highest BCUT2D eigenvalue weighted by molar-refractivity contribution is 7.98. The monoisotopic (exact) mass is 494 g/mol. The first-order valence-electron chi connectivity index (χ1n) is 10.9. The molecule has 9 nitrogen and oxygen atoms in total. The summed E-state index contributed by atoms with van der Waals surface area (Å²) >= 11 is 1.55. The van der Waals surface area contributed by atoms with Crippen molar-refractivity contribution in [2.75, 3.05) is 12.0 Å². The molecule has 0 aliphatic rings. The molecule has 1 aromatic heterocycles. The van der Waals surface area contributed by atoms with Crippen LogP contribution in [0.25, 0.3) is 0 Å². The first-order chi connectivity index (χ1) is 17.0. The molecule has 1 unspecified atom stereocenters. The van der Waals surface area contributed by atoms with Crippen LogP contribution in [-0.2, 0) is 17.9 Å². The highest BCUT2D eigenvalue weighted by Crippen LogP contribution is 2.14. The summed E-state index contributed by atoms with van der Waals surface area (Å²) in [6, 6.07) is 17.9. The van der Waals surface area contributed by atoms with Gasteiger partial charge in [-0.05, 0) is 41.7 Å². The zero-order valence-corrected chi connectivity index (χ0v) is 20.0. The van der Waals surface area contributed by atoms with Crippen molar-refractivity contribution in [1.29, 1.82) is 0 Å². The van der Waals surface area contributed by atoms with E-state index in [9.17, 15) is 19.7 Å². The van der Waals surface area contributed by atoms with Gasteiger partial charge in [-0.15, -0.1) is 0 Å². The van der Waals surface area contributed by atoms with Crippen molar-refractivity contribution in [2.45, 2.75) is 25.6 Å². The molecule has 0 radical (unpaired) electrons. The fraction of sp³-hybridized carbons (Fsp3) is 0.240. The van der Waals surface area contributed by atoms with E-state index in [0.29, 0.717) is 24.7 Å². The van der Waals surface area contributed by atoms with Gasteiger partial charge in [0.1, 0.15) is 12.6 Å². The Morgan fingerprint density at radius 2 is 1.89 bits per heavy atom. The number of nitro groups is 1. The van der Waals surface area contributed by atoms with Gasteiger partial charge >= 0.3 is 0 Å². The average molecular weight is 495 g/mol. The number of hydrogen-bond acceptors (Lipinski definition) is 7. The van der Waals surface area contributed by atoms with Crippen LogP contribution in [0.2, 0.25) is 0 Å². The van der Waals surface area contributed by atoms with E-state index in [0.717, 1.165) is 11.1 Å². The van der Waals surface area contributed by atoms with Crippen molar-refractivity contribution in [1.82, 2.24) is 15.6 Å². The van der Waals surface area contributed by atoms with Gasteiger partial charge in [0.15, 0.2) is 0 Å². The van der Waals surface area contributed by atoms with Crippen molar-refractivity contribution >= 4 is 29.3 Å². The molecule has 10 heteroatoms. The Bertz CT molecular complexity index is 1160. The topological polar surface area (TPSA) is 123 Å². The summed E-state index contributed by atoms with van der Waals surface area (Å²) in [5.41, 5.74) is 1.75. The molecule has 0 aliphatic carbocycles. The van der Waals surface area contributed by atoms with Crippen molar-refractivity contribution in [3.05, 3.63) is 99.7 Å². The van der Waals surface area contributed by atoms with Crippen LogP contribution in [0.5, 0.6) is 5.88 Å². The third-order valence-corrected chi connectivity index (χ3v) is 5.69. The number of nitrogens with one attached hydrogen (secondary N) is 2. The Kier molecular flexibility index (Phi) is 9.61. The molecular formula is C25H26N4O5S. The Labute approximate surface area is 207 Å². The smallest absolute Gasteiger partial charge is 0.270 e. The van der Waals surface area contributed by atoms with Crippen LogP contribution >= 0.6 is 11.8 Å². The predicted molar refractivity (Wildman–Crippen MR) is 134 cm³/mol. The molecule has 0 fully saturated rings. The van der Waals surface area contributed by atoms with Crippen molar-refractivity contribution in [2.24, 2.45) is 0 Å². The minimum atomic E-state index is -0.787. The van der Waals surface area contributed by atoms with Crippen molar-refractivity contribution < 1.29 is 19.2 Å². The Morgan fingerprint density at radius 1 is 1.09 bits per heavy atom. The van der Waals surface area contributed by atoms with Crippen LogP contribution < -0.4 is 15.4 Å². The maximum Gasteiger partial charge on any atom is 0.270 e. The molecule has 3 rings (SSSR count). The number of pyridine rings is 1. The second-order valence-electron chi connectivity index (χ2n) is 7.61. The van der Waals surface area contributed by atoms with Gasteiger partial charge in [-0.25, -0.2) is 4.98 Å². The normalized spacial score (nSPS) is 11.3. The number of amides is 2. The molecule has 0 spiro atoms. The number of carbonyl (C=O) groups is 2. The number of ether oxygens (including phenoxy) is 1. The number of carbonyl (C=O) groups excluding carboxylic acids is 2. The summed E-state index contributed by atoms with van der Waals surface area (Å²) < 4.78 is 5.74. The standard InChI is InChI=1S/C25H26N4O5S/c1-35-13-11-22(28-24(30)20-8-5-9-21(15-20)29(32)33)25(31)27-16-19-10-12-26-23(14-19)34-17-18-6-3-2-4-7-18/h2-10,12,14-15,22H,11,13,16-17H2,1H3,(H,27,31)(H,28,30). The number of non-ortho nitro benzene ring substituents is 1. The van der Waals surface area contributed by atoms with E-state index in [4.69, 9.17) is 4.74 Å². The molecule has 1 heterocycles. The number of benzene rings is 2. The molecular weight excluding hydrogens is 468 g/mol. The molecule has 0 saturated heterocycles. The number of rotatable bonds is 12. The summed E-state index contributed by atoms with van der Waals surface area (Å²) in [7, 11) is 0. The van der Waals surface area contributed by atoms with Gasteiger partial charge in [0.25, 0.3) is 11.6 Å². The molecule has 0 bridgehead atoms. The molecule has 182 valence electrons. The lowest BCUT2D eigenvalue weighted by Crippen LogP contribution is -2.46. The van der Waals surface area contributed by atoms with E-state index in [2.05, 4.69) is 15.6 Å². The second-order valence-corrected chi connectivity index (χ2v) is 8.59. The van der Waals surface area contributed by atoms with Crippen LogP contribution in [-0.4, -0.2) is 39.8 Å². The van der Waals surface area contributed by atoms with E-state index in [1.54, 1.807) is 30.1 Å². The molecule has 0 aliphatic heterocycles. The van der Waals surface area contributed by atoms with Crippen LogP contribution in [0.3, 0.4) is 0 Å². The van der Waals surface area contributed by atoms with Crippen LogP contribution in [0.15, 0.2) is 72.9 Å². The summed E-state index contributed by atoms with van der Waals surface area (Å²) in [5, 5.41) is 16.5. The zero-order valence-electron chi connectivity index (χ0n) is 19.2. The maximum atomic E-state index is 12.9. The zero-order chi connectivity index (χ0) is 25.0. The third kappa shape index (κ3) is 8.11. The first-order valence-corrected chi connectivity index (χ1v) is 12.3. The molecule has 2 aromatic carbocycles. The SMILES string of the molecule is CSCCC(NC(=O)c1cccc([N+](=O)[O-])c1)C(=O)NCc1ccnc(OCc2ccccc2)c1. The first kappa shape index (κ1) is 25.7. The Hall–Kier alpha value is -3.92. The number of aromatic nitrogens is 1.